The SMILES string of the molecule is CC(=O)OC[C@H]1O[C@H](OC[C@H](NC(=O)OCc2ccccc2)C(=O)OCc2ccccc2)CC(=O)[C@@H]1OC(C)=O. The number of Topliss-reactive ketones (excluding diaryl/α,β-unsaturated/α-hetero) is 1. The number of hydrogen-bond donors (Lipinski definition) is 1. The zero-order valence-electron chi connectivity index (χ0n) is 22.1. The number of rotatable bonds is 12. The van der Waals surface area contributed by atoms with Crippen LogP contribution in [0.4, 0.5) is 4.79 Å². The van der Waals surface area contributed by atoms with E-state index in [4.69, 9.17) is 28.4 Å². The normalized spacial score (nSPS) is 19.1. The van der Waals surface area contributed by atoms with Gasteiger partial charge < -0.3 is 33.7 Å². The fourth-order valence-corrected chi connectivity index (χ4v) is 3.66. The second-order valence-corrected chi connectivity index (χ2v) is 8.79. The standard InChI is InChI=1S/C28H31NO11/c1-18(30)35-17-24-26(39-19(2)31)23(32)13-25(40-24)36-16-22(27(33)37-14-20-9-5-3-6-10-20)29-28(34)38-15-21-11-7-4-8-12-21/h3-12,22,24-26H,13-17H2,1-2H3,(H,29,34)/t22-,24+,25-,26-/m0/s1. The first-order valence-corrected chi connectivity index (χ1v) is 12.5. The molecule has 0 saturated carbocycles. The van der Waals surface area contributed by atoms with Gasteiger partial charge in [-0.2, -0.15) is 0 Å². The minimum absolute atomic E-state index is 0.0328. The molecule has 1 heterocycles. The quantitative estimate of drug-likeness (QED) is 0.302. The lowest BCUT2D eigenvalue weighted by atomic mass is 10.0. The van der Waals surface area contributed by atoms with Crippen molar-refractivity contribution in [2.75, 3.05) is 13.2 Å². The molecule has 1 amide bonds. The van der Waals surface area contributed by atoms with Crippen LogP contribution in [0.3, 0.4) is 0 Å². The van der Waals surface area contributed by atoms with E-state index in [-0.39, 0.29) is 26.2 Å². The van der Waals surface area contributed by atoms with Crippen LogP contribution in [-0.4, -0.2) is 67.5 Å². The first kappa shape index (κ1) is 30.3. The molecule has 1 saturated heterocycles. The lowest BCUT2D eigenvalue weighted by molar-refractivity contribution is -0.232. The van der Waals surface area contributed by atoms with Crippen LogP contribution in [0.2, 0.25) is 0 Å². The van der Waals surface area contributed by atoms with Gasteiger partial charge in [-0.25, -0.2) is 9.59 Å². The molecule has 1 aliphatic rings. The summed E-state index contributed by atoms with van der Waals surface area (Å²) in [5.41, 5.74) is 1.47. The van der Waals surface area contributed by atoms with E-state index in [1.54, 1.807) is 48.5 Å². The summed E-state index contributed by atoms with van der Waals surface area (Å²) in [5, 5.41) is 2.42. The van der Waals surface area contributed by atoms with Gasteiger partial charge >= 0.3 is 24.0 Å². The molecule has 0 radical (unpaired) electrons. The summed E-state index contributed by atoms with van der Waals surface area (Å²) < 4.78 is 31.9. The molecule has 2 aromatic rings. The van der Waals surface area contributed by atoms with Gasteiger partial charge in [0.05, 0.1) is 13.0 Å². The minimum atomic E-state index is -1.32. The predicted octanol–water partition coefficient (Wildman–Crippen LogP) is 2.22. The molecule has 1 fully saturated rings. The predicted molar refractivity (Wildman–Crippen MR) is 136 cm³/mol. The molecular weight excluding hydrogens is 526 g/mol. The van der Waals surface area contributed by atoms with Gasteiger partial charge in [0, 0.05) is 13.8 Å². The van der Waals surface area contributed by atoms with Gasteiger partial charge in [-0.05, 0) is 11.1 Å². The van der Waals surface area contributed by atoms with E-state index in [2.05, 4.69) is 5.32 Å². The molecule has 12 heteroatoms. The fraction of sp³-hybridized carbons (Fsp3) is 0.393. The first-order valence-electron chi connectivity index (χ1n) is 12.5. The lowest BCUT2D eigenvalue weighted by Crippen LogP contribution is -2.52. The molecule has 0 bridgehead atoms. The van der Waals surface area contributed by atoms with Gasteiger partial charge in [0.15, 0.2) is 24.2 Å². The van der Waals surface area contributed by atoms with E-state index in [0.717, 1.165) is 18.1 Å². The van der Waals surface area contributed by atoms with Crippen LogP contribution in [0.25, 0.3) is 0 Å². The number of nitrogens with one attached hydrogen (secondary N) is 1. The van der Waals surface area contributed by atoms with E-state index in [1.807, 2.05) is 12.1 Å². The Hall–Kier alpha value is -4.29. The van der Waals surface area contributed by atoms with Gasteiger partial charge in [0.1, 0.15) is 25.9 Å². The number of ether oxygens (including phenoxy) is 6. The number of esters is 3. The highest BCUT2D eigenvalue weighted by molar-refractivity contribution is 5.87. The Morgan fingerprint density at radius 2 is 1.48 bits per heavy atom. The van der Waals surface area contributed by atoms with Crippen molar-refractivity contribution in [2.24, 2.45) is 0 Å². The van der Waals surface area contributed by atoms with Crippen molar-refractivity contribution in [2.45, 2.75) is 58.0 Å². The Morgan fingerprint density at radius 3 is 2.05 bits per heavy atom. The van der Waals surface area contributed by atoms with Crippen molar-refractivity contribution < 1.29 is 52.4 Å². The van der Waals surface area contributed by atoms with Crippen LogP contribution in [0, 0.1) is 0 Å². The summed E-state index contributed by atoms with van der Waals surface area (Å²) in [6.45, 7) is 1.41. The molecule has 3 rings (SSSR count). The van der Waals surface area contributed by atoms with E-state index in [9.17, 15) is 24.0 Å². The Balaban J connectivity index is 1.64. The van der Waals surface area contributed by atoms with E-state index in [0.29, 0.717) is 0 Å². The second-order valence-electron chi connectivity index (χ2n) is 8.79. The molecule has 4 atom stereocenters. The van der Waals surface area contributed by atoms with Crippen molar-refractivity contribution in [1.82, 2.24) is 5.32 Å². The summed E-state index contributed by atoms with van der Waals surface area (Å²) in [4.78, 5) is 60.8. The van der Waals surface area contributed by atoms with Crippen molar-refractivity contribution in [3.8, 4) is 0 Å². The van der Waals surface area contributed by atoms with Crippen LogP contribution < -0.4 is 5.32 Å². The molecule has 0 spiro atoms. The van der Waals surface area contributed by atoms with Gasteiger partial charge in [0.2, 0.25) is 0 Å². The average molecular weight is 558 g/mol. The molecule has 2 aromatic carbocycles. The van der Waals surface area contributed by atoms with Crippen molar-refractivity contribution >= 4 is 29.8 Å². The van der Waals surface area contributed by atoms with Crippen molar-refractivity contribution in [1.29, 1.82) is 0 Å². The maximum atomic E-state index is 12.9. The summed E-state index contributed by atoms with van der Waals surface area (Å²) in [5.74, 6) is -2.67. The second kappa shape index (κ2) is 15.3. The smallest absolute Gasteiger partial charge is 0.408 e. The van der Waals surface area contributed by atoms with E-state index < -0.39 is 60.9 Å². The zero-order valence-corrected chi connectivity index (χ0v) is 22.1. The van der Waals surface area contributed by atoms with Crippen LogP contribution in [0.5, 0.6) is 0 Å². The highest BCUT2D eigenvalue weighted by Gasteiger charge is 2.41. The molecule has 0 aliphatic carbocycles. The third-order valence-electron chi connectivity index (χ3n) is 5.56. The third-order valence-corrected chi connectivity index (χ3v) is 5.56. The minimum Gasteiger partial charge on any atom is -0.463 e. The third kappa shape index (κ3) is 10.1. The van der Waals surface area contributed by atoms with Crippen molar-refractivity contribution in [3.63, 3.8) is 0 Å². The number of benzene rings is 2. The highest BCUT2D eigenvalue weighted by atomic mass is 16.7. The molecule has 12 nitrogen and oxygen atoms in total. The number of carbonyl (C=O) groups excluding carboxylic acids is 5. The molecule has 1 N–H and O–H groups in total. The molecule has 0 unspecified atom stereocenters. The largest absolute Gasteiger partial charge is 0.463 e. The van der Waals surface area contributed by atoms with Gasteiger partial charge in [-0.1, -0.05) is 60.7 Å². The van der Waals surface area contributed by atoms with Gasteiger partial charge in [-0.3, -0.25) is 14.4 Å². The van der Waals surface area contributed by atoms with Crippen LogP contribution in [0.1, 0.15) is 31.4 Å². The fourth-order valence-electron chi connectivity index (χ4n) is 3.66. The number of ketones is 1. The van der Waals surface area contributed by atoms with Crippen LogP contribution >= 0.6 is 0 Å². The Morgan fingerprint density at radius 1 is 0.875 bits per heavy atom. The van der Waals surface area contributed by atoms with Crippen LogP contribution in [-0.2, 0) is 60.8 Å². The zero-order chi connectivity index (χ0) is 28.9. The first-order chi connectivity index (χ1) is 19.2. The maximum Gasteiger partial charge on any atom is 0.408 e. The summed E-state index contributed by atoms with van der Waals surface area (Å²) >= 11 is 0. The van der Waals surface area contributed by atoms with Gasteiger partial charge in [0.25, 0.3) is 0 Å². The number of amides is 1. The Kier molecular flexibility index (Phi) is 11.6. The van der Waals surface area contributed by atoms with Gasteiger partial charge in [-0.15, -0.1) is 0 Å². The number of carbonyl (C=O) groups is 5. The van der Waals surface area contributed by atoms with Crippen LogP contribution in [0.15, 0.2) is 60.7 Å². The number of hydrogen-bond acceptors (Lipinski definition) is 11. The average Bonchev–Trinajstić information content (AvgIpc) is 2.94. The topological polar surface area (TPSA) is 153 Å². The molecule has 214 valence electrons. The monoisotopic (exact) mass is 557 g/mol. The number of alkyl carbamates (subject to hydrolysis) is 1. The molecule has 1 aliphatic heterocycles. The summed E-state index contributed by atoms with van der Waals surface area (Å²) in [6, 6.07) is 16.6. The van der Waals surface area contributed by atoms with Crippen molar-refractivity contribution in [3.05, 3.63) is 71.8 Å². The summed E-state index contributed by atoms with van der Waals surface area (Å²) in [6.07, 6.45) is -4.83. The van der Waals surface area contributed by atoms with E-state index >= 15 is 0 Å². The summed E-state index contributed by atoms with van der Waals surface area (Å²) in [7, 11) is 0. The lowest BCUT2D eigenvalue weighted by Gasteiger charge is -2.34. The molecule has 0 aromatic heterocycles. The van der Waals surface area contributed by atoms with E-state index in [1.165, 1.54) is 6.92 Å². The molecular formula is C28H31NO11. The highest BCUT2D eigenvalue weighted by Crippen LogP contribution is 2.22. The molecule has 40 heavy (non-hydrogen) atoms. The maximum absolute atomic E-state index is 12.9. The Bertz CT molecular complexity index is 1160. The Labute approximate surface area is 230 Å².